The molecule has 0 spiro atoms. The van der Waals surface area contributed by atoms with Gasteiger partial charge in [-0.05, 0) is 35.9 Å². The number of alkyl halides is 2. The lowest BCUT2D eigenvalue weighted by Gasteiger charge is -2.30. The molecule has 1 atom stereocenters. The van der Waals surface area contributed by atoms with Crippen LogP contribution in [-0.4, -0.2) is 22.9 Å². The summed E-state index contributed by atoms with van der Waals surface area (Å²) in [7, 11) is 0. The Morgan fingerprint density at radius 3 is 2.62 bits per heavy atom. The predicted octanol–water partition coefficient (Wildman–Crippen LogP) is 4.12. The summed E-state index contributed by atoms with van der Waals surface area (Å²) in [5.74, 6) is 3.13. The van der Waals surface area contributed by atoms with Crippen molar-refractivity contribution < 1.29 is 17.6 Å². The van der Waals surface area contributed by atoms with Crippen LogP contribution in [0.2, 0.25) is 5.02 Å². The van der Waals surface area contributed by atoms with Crippen LogP contribution in [0, 0.1) is 11.6 Å². The van der Waals surface area contributed by atoms with Gasteiger partial charge in [0.1, 0.15) is 23.7 Å². The van der Waals surface area contributed by atoms with Gasteiger partial charge in [-0.3, -0.25) is 5.01 Å². The molecule has 0 bridgehead atoms. The molecule has 1 unspecified atom stereocenters. The van der Waals surface area contributed by atoms with Crippen LogP contribution in [-0.2, 0) is 5.92 Å². The third-order valence-corrected chi connectivity index (χ3v) is 4.73. The number of rotatable bonds is 6. The van der Waals surface area contributed by atoms with Crippen molar-refractivity contribution in [2.45, 2.75) is 11.8 Å². The van der Waals surface area contributed by atoms with E-state index in [1.54, 1.807) is 12.1 Å². The zero-order chi connectivity index (χ0) is 21.2. The van der Waals surface area contributed by atoms with Gasteiger partial charge in [0.25, 0.3) is 5.92 Å². The summed E-state index contributed by atoms with van der Waals surface area (Å²) in [5.41, 5.74) is -0.787. The minimum atomic E-state index is -3.67. The first-order valence-corrected chi connectivity index (χ1v) is 8.75. The second kappa shape index (κ2) is 8.22. The highest BCUT2D eigenvalue weighted by molar-refractivity contribution is 6.35. The Labute approximate surface area is 168 Å². The fourth-order valence-electron chi connectivity index (χ4n) is 3.02. The topological polar surface area (TPSA) is 80.5 Å². The van der Waals surface area contributed by atoms with Crippen molar-refractivity contribution in [1.29, 1.82) is 0 Å². The molecule has 5 nitrogen and oxygen atoms in total. The van der Waals surface area contributed by atoms with Crippen molar-refractivity contribution in [1.82, 2.24) is 9.99 Å². The van der Waals surface area contributed by atoms with Crippen LogP contribution in [0.3, 0.4) is 0 Å². The van der Waals surface area contributed by atoms with E-state index in [-0.39, 0.29) is 5.52 Å². The molecule has 1 aromatic heterocycles. The van der Waals surface area contributed by atoms with Gasteiger partial charge in [-0.1, -0.05) is 23.7 Å². The molecule has 0 aliphatic heterocycles. The molecule has 0 amide bonds. The molecule has 0 fully saturated rings. The third-order valence-electron chi connectivity index (χ3n) is 4.40. The van der Waals surface area contributed by atoms with Crippen molar-refractivity contribution in [3.05, 3.63) is 76.4 Å². The van der Waals surface area contributed by atoms with Crippen LogP contribution in [0.5, 0.6) is 0 Å². The number of fused-ring (bicyclic) bond motifs is 1. The van der Waals surface area contributed by atoms with E-state index in [0.717, 1.165) is 29.5 Å². The second-order valence-corrected chi connectivity index (χ2v) is 6.71. The number of aromatic nitrogens is 1. The van der Waals surface area contributed by atoms with Gasteiger partial charge in [-0.25, -0.2) is 19.6 Å². The number of hydrogen-bond donors (Lipinski definition) is 2. The Hall–Kier alpha value is -2.91. The van der Waals surface area contributed by atoms with Gasteiger partial charge in [0, 0.05) is 23.0 Å². The highest BCUT2D eigenvalue weighted by Crippen LogP contribution is 2.43. The quantitative estimate of drug-likeness (QED) is 0.205. The van der Waals surface area contributed by atoms with Crippen LogP contribution in [0.25, 0.3) is 10.9 Å². The SMILES string of the molecule is N/N=C\N(N)CC(c1ccc(F)cc1F)C(F)(F)c1ccc2c(Cl)cccc2n1. The maximum atomic E-state index is 15.5. The summed E-state index contributed by atoms with van der Waals surface area (Å²) in [4.78, 5) is 4.01. The lowest BCUT2D eigenvalue weighted by Crippen LogP contribution is -2.40. The average molecular weight is 426 g/mol. The molecular formula is C19H16ClF4N5. The van der Waals surface area contributed by atoms with Gasteiger partial charge in [0.15, 0.2) is 0 Å². The first-order valence-electron chi connectivity index (χ1n) is 8.37. The molecule has 0 aliphatic carbocycles. The second-order valence-electron chi connectivity index (χ2n) is 6.31. The minimum absolute atomic E-state index is 0.251. The van der Waals surface area contributed by atoms with E-state index in [1.165, 1.54) is 12.1 Å². The van der Waals surface area contributed by atoms with Crippen LogP contribution in [0.1, 0.15) is 17.2 Å². The molecule has 1 heterocycles. The molecule has 0 aliphatic rings. The molecule has 0 radical (unpaired) electrons. The van der Waals surface area contributed by atoms with E-state index in [2.05, 4.69) is 10.1 Å². The zero-order valence-electron chi connectivity index (χ0n) is 14.9. The number of halogens is 5. The molecule has 10 heteroatoms. The van der Waals surface area contributed by atoms with Gasteiger partial charge in [-0.15, -0.1) is 0 Å². The number of hydrogen-bond acceptors (Lipinski definition) is 4. The molecule has 4 N–H and O–H groups in total. The molecule has 0 saturated heterocycles. The van der Waals surface area contributed by atoms with Crippen molar-refractivity contribution in [2.24, 2.45) is 16.8 Å². The highest BCUT2D eigenvalue weighted by Gasteiger charge is 2.45. The summed E-state index contributed by atoms with van der Waals surface area (Å²) < 4.78 is 58.7. The number of hydrazine groups is 1. The van der Waals surface area contributed by atoms with Crippen LogP contribution < -0.4 is 11.7 Å². The summed E-state index contributed by atoms with van der Waals surface area (Å²) in [6, 6.07) is 9.62. The lowest BCUT2D eigenvalue weighted by atomic mass is 9.89. The van der Waals surface area contributed by atoms with Gasteiger partial charge in [-0.2, -0.15) is 13.9 Å². The fourth-order valence-corrected chi connectivity index (χ4v) is 3.25. The van der Waals surface area contributed by atoms with Crippen molar-refractivity contribution in [3.63, 3.8) is 0 Å². The van der Waals surface area contributed by atoms with E-state index in [1.807, 2.05) is 0 Å². The maximum absolute atomic E-state index is 15.5. The molecular weight excluding hydrogens is 410 g/mol. The summed E-state index contributed by atoms with van der Waals surface area (Å²) in [6.07, 6.45) is 0.915. The molecule has 3 rings (SSSR count). The van der Waals surface area contributed by atoms with E-state index in [9.17, 15) is 8.78 Å². The van der Waals surface area contributed by atoms with Crippen LogP contribution in [0.4, 0.5) is 17.6 Å². The molecule has 2 aromatic carbocycles. The summed E-state index contributed by atoms with van der Waals surface area (Å²) in [5, 5.41) is 4.82. The summed E-state index contributed by atoms with van der Waals surface area (Å²) in [6.45, 7) is -0.564. The zero-order valence-corrected chi connectivity index (χ0v) is 15.6. The fraction of sp³-hybridized carbons (Fsp3) is 0.158. The van der Waals surface area contributed by atoms with Crippen molar-refractivity contribution >= 4 is 28.8 Å². The average Bonchev–Trinajstić information content (AvgIpc) is 2.67. The minimum Gasteiger partial charge on any atom is -0.322 e. The Morgan fingerprint density at radius 1 is 1.17 bits per heavy atom. The normalized spacial score (nSPS) is 13.2. The molecule has 29 heavy (non-hydrogen) atoms. The van der Waals surface area contributed by atoms with E-state index < -0.39 is 41.3 Å². The standard InChI is InChI=1S/C19H16ClF4N5/c20-15-2-1-3-17-13(15)6-7-18(28-17)19(23,24)14(9-29(26)10-27-25)12-5-4-11(21)8-16(12)22/h1-8,10,14H,9,25-26H2/b27-10-. The first-order chi connectivity index (χ1) is 13.7. The van der Waals surface area contributed by atoms with Gasteiger partial charge < -0.3 is 5.84 Å². The number of benzene rings is 2. The van der Waals surface area contributed by atoms with Crippen molar-refractivity contribution in [2.75, 3.05) is 6.54 Å². The Balaban J connectivity index is 2.12. The van der Waals surface area contributed by atoms with Gasteiger partial charge >= 0.3 is 0 Å². The predicted molar refractivity (Wildman–Crippen MR) is 103 cm³/mol. The number of pyridine rings is 1. The van der Waals surface area contributed by atoms with Gasteiger partial charge in [0.05, 0.1) is 11.4 Å². The molecule has 152 valence electrons. The van der Waals surface area contributed by atoms with E-state index in [0.29, 0.717) is 16.5 Å². The molecule has 0 saturated carbocycles. The van der Waals surface area contributed by atoms with Gasteiger partial charge in [0.2, 0.25) is 0 Å². The Morgan fingerprint density at radius 2 is 1.93 bits per heavy atom. The van der Waals surface area contributed by atoms with E-state index in [4.69, 9.17) is 23.3 Å². The van der Waals surface area contributed by atoms with Crippen LogP contribution >= 0.6 is 11.6 Å². The smallest absolute Gasteiger partial charge is 0.298 e. The monoisotopic (exact) mass is 425 g/mol. The highest BCUT2D eigenvalue weighted by atomic mass is 35.5. The maximum Gasteiger partial charge on any atom is 0.298 e. The largest absolute Gasteiger partial charge is 0.322 e. The summed E-state index contributed by atoms with van der Waals surface area (Å²) >= 11 is 6.06. The third kappa shape index (κ3) is 4.25. The Bertz CT molecular complexity index is 1060. The number of nitrogens with zero attached hydrogens (tertiary/aromatic N) is 3. The van der Waals surface area contributed by atoms with Crippen LogP contribution in [0.15, 0.2) is 53.6 Å². The first kappa shape index (κ1) is 20.8. The van der Waals surface area contributed by atoms with Crippen molar-refractivity contribution in [3.8, 4) is 0 Å². The Kier molecular flexibility index (Phi) is 5.90. The molecule has 3 aromatic rings. The number of hydrazone groups is 1. The number of nitrogens with two attached hydrogens (primary N) is 2. The van der Waals surface area contributed by atoms with E-state index >= 15 is 8.78 Å². The lowest BCUT2D eigenvalue weighted by molar-refractivity contribution is -0.0440.